The lowest BCUT2D eigenvalue weighted by Crippen LogP contribution is -2.39. The summed E-state index contributed by atoms with van der Waals surface area (Å²) in [6.07, 6.45) is 10.2. The average Bonchev–Trinajstić information content (AvgIpc) is 3.30. The minimum Gasteiger partial charge on any atom is -0.383 e. The molecule has 1 aliphatic rings. The first-order valence-corrected chi connectivity index (χ1v) is 12.6. The Kier molecular flexibility index (Phi) is 7.21. The van der Waals surface area contributed by atoms with E-state index >= 15 is 0 Å². The van der Waals surface area contributed by atoms with E-state index in [1.165, 1.54) is 18.4 Å². The minimum atomic E-state index is 0.445. The van der Waals surface area contributed by atoms with E-state index in [9.17, 15) is 0 Å². The topological polar surface area (TPSA) is 93.7 Å². The van der Waals surface area contributed by atoms with Gasteiger partial charge in [0.1, 0.15) is 11.3 Å². The van der Waals surface area contributed by atoms with Crippen LogP contribution in [-0.4, -0.2) is 38.7 Å². The normalized spacial score (nSPS) is 15.2. The molecule has 5 rings (SSSR count). The van der Waals surface area contributed by atoms with Crippen LogP contribution in [0.5, 0.6) is 0 Å². The van der Waals surface area contributed by atoms with Crippen molar-refractivity contribution in [2.75, 3.05) is 18.8 Å². The van der Waals surface area contributed by atoms with Crippen molar-refractivity contribution in [2.45, 2.75) is 39.3 Å². The van der Waals surface area contributed by atoms with E-state index in [-0.39, 0.29) is 0 Å². The van der Waals surface area contributed by atoms with Gasteiger partial charge in [0.05, 0.1) is 11.3 Å². The molecule has 0 atom stereocenters. The maximum Gasteiger partial charge on any atom is 0.165 e. The van der Waals surface area contributed by atoms with E-state index in [1.807, 2.05) is 44.2 Å². The van der Waals surface area contributed by atoms with Crippen molar-refractivity contribution in [3.8, 4) is 17.1 Å². The summed E-state index contributed by atoms with van der Waals surface area (Å²) in [5.41, 5.74) is 12.9. The highest BCUT2D eigenvalue weighted by Gasteiger charge is 2.19. The maximum absolute atomic E-state index is 6.28. The van der Waals surface area contributed by atoms with Gasteiger partial charge in [0.15, 0.2) is 11.5 Å². The second kappa shape index (κ2) is 10.8. The van der Waals surface area contributed by atoms with E-state index in [2.05, 4.69) is 56.6 Å². The Bertz CT molecular complexity index is 1390. The molecule has 7 nitrogen and oxygen atoms in total. The van der Waals surface area contributed by atoms with Crippen molar-refractivity contribution in [3.05, 3.63) is 84.2 Å². The summed E-state index contributed by atoms with van der Waals surface area (Å²) in [6, 6.07) is 17.1. The minimum absolute atomic E-state index is 0.445. The van der Waals surface area contributed by atoms with Crippen LogP contribution < -0.4 is 16.4 Å². The summed E-state index contributed by atoms with van der Waals surface area (Å²) in [4.78, 5) is 14.3. The zero-order chi connectivity index (χ0) is 24.9. The number of hydrogen-bond donors (Lipinski definition) is 3. The number of piperidine rings is 1. The SMILES string of the molecule is C/C=C\C(=C/C)c1ccc2nc(-c3cccnc3N)n(-c3ccc(CNC4CCNCC4)cc3)c2n1. The predicted octanol–water partition coefficient (Wildman–Crippen LogP) is 4.89. The summed E-state index contributed by atoms with van der Waals surface area (Å²) in [6.45, 7) is 7.06. The van der Waals surface area contributed by atoms with Gasteiger partial charge in [0, 0.05) is 24.5 Å². The number of rotatable bonds is 7. The third-order valence-corrected chi connectivity index (χ3v) is 6.67. The maximum atomic E-state index is 6.28. The number of imidazole rings is 1. The van der Waals surface area contributed by atoms with Gasteiger partial charge in [-0.3, -0.25) is 4.57 Å². The average molecular weight is 480 g/mol. The second-order valence-electron chi connectivity index (χ2n) is 9.06. The molecule has 3 aromatic heterocycles. The Morgan fingerprint density at radius 1 is 1.08 bits per heavy atom. The molecule has 4 N–H and O–H groups in total. The number of benzene rings is 1. The number of fused-ring (bicyclic) bond motifs is 1. The van der Waals surface area contributed by atoms with Crippen molar-refractivity contribution in [1.29, 1.82) is 0 Å². The van der Waals surface area contributed by atoms with E-state index in [0.29, 0.717) is 11.9 Å². The summed E-state index contributed by atoms with van der Waals surface area (Å²) < 4.78 is 2.08. The Morgan fingerprint density at radius 2 is 1.89 bits per heavy atom. The van der Waals surface area contributed by atoms with Gasteiger partial charge in [-0.25, -0.2) is 15.0 Å². The molecule has 0 radical (unpaired) electrons. The Balaban J connectivity index is 1.56. The van der Waals surface area contributed by atoms with Gasteiger partial charge in [-0.05, 0) is 87.3 Å². The molecule has 0 bridgehead atoms. The molecular formula is C29H33N7. The van der Waals surface area contributed by atoms with E-state index in [0.717, 1.165) is 59.1 Å². The number of nitrogen functional groups attached to an aromatic ring is 1. The summed E-state index contributed by atoms with van der Waals surface area (Å²) in [7, 11) is 0. The second-order valence-corrected chi connectivity index (χ2v) is 9.06. The third kappa shape index (κ3) is 4.94. The molecule has 4 aromatic rings. The number of aromatic nitrogens is 4. The van der Waals surface area contributed by atoms with Crippen molar-refractivity contribution in [3.63, 3.8) is 0 Å². The Morgan fingerprint density at radius 3 is 2.61 bits per heavy atom. The van der Waals surface area contributed by atoms with Gasteiger partial charge in [0.2, 0.25) is 0 Å². The van der Waals surface area contributed by atoms with E-state index in [1.54, 1.807) is 6.20 Å². The first kappa shape index (κ1) is 23.9. The van der Waals surface area contributed by atoms with Gasteiger partial charge >= 0.3 is 0 Å². The van der Waals surface area contributed by atoms with Crippen molar-refractivity contribution in [1.82, 2.24) is 30.2 Å². The molecule has 7 heteroatoms. The van der Waals surface area contributed by atoms with Gasteiger partial charge in [-0.15, -0.1) is 0 Å². The van der Waals surface area contributed by atoms with Crippen LogP contribution in [0.25, 0.3) is 33.8 Å². The van der Waals surface area contributed by atoms with Gasteiger partial charge < -0.3 is 16.4 Å². The highest BCUT2D eigenvalue weighted by Crippen LogP contribution is 2.31. The summed E-state index contributed by atoms with van der Waals surface area (Å²) >= 11 is 0. The lowest BCUT2D eigenvalue weighted by atomic mass is 10.1. The molecule has 0 unspecified atom stereocenters. The fourth-order valence-electron chi connectivity index (χ4n) is 4.71. The van der Waals surface area contributed by atoms with Crippen molar-refractivity contribution >= 4 is 22.6 Å². The van der Waals surface area contributed by atoms with Crippen LogP contribution in [0.4, 0.5) is 5.82 Å². The Hall–Kier alpha value is -3.81. The zero-order valence-electron chi connectivity index (χ0n) is 20.9. The van der Waals surface area contributed by atoms with Crippen molar-refractivity contribution < 1.29 is 0 Å². The first-order valence-electron chi connectivity index (χ1n) is 12.6. The van der Waals surface area contributed by atoms with E-state index in [4.69, 9.17) is 15.7 Å². The lowest BCUT2D eigenvalue weighted by Gasteiger charge is -2.23. The largest absolute Gasteiger partial charge is 0.383 e. The van der Waals surface area contributed by atoms with Crippen LogP contribution >= 0.6 is 0 Å². The third-order valence-electron chi connectivity index (χ3n) is 6.67. The molecule has 1 fully saturated rings. The highest BCUT2D eigenvalue weighted by molar-refractivity contribution is 5.85. The monoisotopic (exact) mass is 479 g/mol. The van der Waals surface area contributed by atoms with Crippen LogP contribution in [0, 0.1) is 0 Å². The molecule has 0 aliphatic carbocycles. The molecule has 36 heavy (non-hydrogen) atoms. The molecule has 184 valence electrons. The number of nitrogens with one attached hydrogen (secondary N) is 2. The van der Waals surface area contributed by atoms with Crippen LogP contribution in [0.15, 0.2) is 73.0 Å². The fourth-order valence-corrected chi connectivity index (χ4v) is 4.71. The molecule has 0 amide bonds. The standard InChI is InChI=1S/C29H33N7/c1-3-6-21(4-2)25-12-13-26-29(34-25)36(28(35-26)24-7-5-16-32-27(24)30)23-10-8-20(9-11-23)19-33-22-14-17-31-18-15-22/h3-13,16,22,31,33H,14-15,17-19H2,1-2H3,(H2,30,32)/b6-3-,21-4+. The molecule has 0 spiro atoms. The van der Waals surface area contributed by atoms with Gasteiger partial charge in [-0.2, -0.15) is 0 Å². The number of hydrogen-bond acceptors (Lipinski definition) is 6. The number of pyridine rings is 2. The van der Waals surface area contributed by atoms with Crippen LogP contribution in [0.1, 0.15) is 37.9 Å². The quantitative estimate of drug-likeness (QED) is 0.327. The molecule has 4 heterocycles. The molecule has 1 saturated heterocycles. The number of nitrogens with two attached hydrogens (primary N) is 1. The van der Waals surface area contributed by atoms with Gasteiger partial charge in [0.25, 0.3) is 0 Å². The number of nitrogens with zero attached hydrogens (tertiary/aromatic N) is 4. The smallest absolute Gasteiger partial charge is 0.165 e. The first-order chi connectivity index (χ1) is 17.7. The van der Waals surface area contributed by atoms with E-state index < -0.39 is 0 Å². The van der Waals surface area contributed by atoms with Crippen LogP contribution in [0.3, 0.4) is 0 Å². The highest BCUT2D eigenvalue weighted by atomic mass is 15.1. The van der Waals surface area contributed by atoms with Crippen LogP contribution in [-0.2, 0) is 6.54 Å². The fraction of sp³-hybridized carbons (Fsp3) is 0.276. The molecule has 0 saturated carbocycles. The van der Waals surface area contributed by atoms with Gasteiger partial charge in [-0.1, -0.05) is 30.4 Å². The predicted molar refractivity (Wildman–Crippen MR) is 148 cm³/mol. The summed E-state index contributed by atoms with van der Waals surface area (Å²) in [5.74, 6) is 1.18. The number of allylic oxidation sites excluding steroid dienone is 4. The summed E-state index contributed by atoms with van der Waals surface area (Å²) in [5, 5.41) is 7.12. The molecular weight excluding hydrogens is 446 g/mol. The molecule has 1 aliphatic heterocycles. The zero-order valence-corrected chi connectivity index (χ0v) is 20.9. The van der Waals surface area contributed by atoms with Crippen LogP contribution in [0.2, 0.25) is 0 Å². The van der Waals surface area contributed by atoms with Crippen molar-refractivity contribution in [2.24, 2.45) is 0 Å². The lowest BCUT2D eigenvalue weighted by molar-refractivity contribution is 0.386. The molecule has 1 aromatic carbocycles. The number of anilines is 1. The Labute approximate surface area is 212 Å².